The van der Waals surface area contributed by atoms with Crippen molar-refractivity contribution in [2.75, 3.05) is 0 Å². The number of hydrogen-bond donors (Lipinski definition) is 0. The molecule has 0 aliphatic heterocycles. The van der Waals surface area contributed by atoms with E-state index >= 15 is 8.78 Å². The lowest BCUT2D eigenvalue weighted by atomic mass is 9.93. The van der Waals surface area contributed by atoms with Crippen molar-refractivity contribution in [1.29, 1.82) is 0 Å². The van der Waals surface area contributed by atoms with Crippen molar-refractivity contribution in [1.82, 2.24) is 0 Å². The molecule has 0 spiro atoms. The molecular weight excluding hydrogens is 603 g/mol. The quantitative estimate of drug-likeness (QED) is 0.159. The summed E-state index contributed by atoms with van der Waals surface area (Å²) in [5.41, 5.74) is 10.7. The number of ether oxygens (including phenoxy) is 1. The first-order chi connectivity index (χ1) is 22.4. The summed E-state index contributed by atoms with van der Waals surface area (Å²) in [6.45, 7) is 5.94. The van der Waals surface area contributed by atoms with Gasteiger partial charge in [0.2, 0.25) is 0 Å². The molecule has 47 heavy (non-hydrogen) atoms. The predicted octanol–water partition coefficient (Wildman–Crippen LogP) is 12.0. The van der Waals surface area contributed by atoms with Gasteiger partial charge < -0.3 is 4.74 Å². The van der Waals surface area contributed by atoms with Crippen molar-refractivity contribution in [3.05, 3.63) is 161 Å². The zero-order chi connectivity index (χ0) is 33.3. The van der Waals surface area contributed by atoms with Crippen molar-refractivity contribution in [3.8, 4) is 50.3 Å². The van der Waals surface area contributed by atoms with Crippen LogP contribution in [0.4, 0.5) is 22.0 Å². The first-order valence-electron chi connectivity index (χ1n) is 15.2. The average Bonchev–Trinajstić information content (AvgIpc) is 3.01. The Morgan fingerprint density at radius 2 is 0.872 bits per heavy atom. The van der Waals surface area contributed by atoms with E-state index in [9.17, 15) is 13.2 Å². The minimum atomic E-state index is -4.76. The van der Waals surface area contributed by atoms with Crippen LogP contribution in [0.2, 0.25) is 0 Å². The highest BCUT2D eigenvalue weighted by Crippen LogP contribution is 2.34. The lowest BCUT2D eigenvalue weighted by Gasteiger charge is -2.13. The third kappa shape index (κ3) is 7.28. The lowest BCUT2D eigenvalue weighted by Crippen LogP contribution is -2.16. The number of alkyl halides is 3. The van der Waals surface area contributed by atoms with Gasteiger partial charge in [-0.1, -0.05) is 103 Å². The van der Waals surface area contributed by atoms with Gasteiger partial charge in [0.05, 0.1) is 0 Å². The van der Waals surface area contributed by atoms with E-state index in [1.54, 1.807) is 30.3 Å². The van der Waals surface area contributed by atoms with E-state index in [2.05, 4.69) is 35.9 Å². The van der Waals surface area contributed by atoms with E-state index in [-0.39, 0.29) is 11.6 Å². The minimum Gasteiger partial charge on any atom is -0.406 e. The fourth-order valence-electron chi connectivity index (χ4n) is 5.92. The molecule has 0 saturated heterocycles. The molecule has 0 fully saturated rings. The van der Waals surface area contributed by atoms with Gasteiger partial charge in [-0.2, -0.15) is 0 Å². The lowest BCUT2D eigenvalue weighted by molar-refractivity contribution is -0.274. The topological polar surface area (TPSA) is 9.23 Å². The molecule has 0 amide bonds. The van der Waals surface area contributed by atoms with Crippen molar-refractivity contribution >= 4 is 0 Å². The number of hydrogen-bond acceptors (Lipinski definition) is 1. The molecule has 0 aromatic heterocycles. The van der Waals surface area contributed by atoms with Crippen LogP contribution in [0.3, 0.4) is 0 Å². The van der Waals surface area contributed by atoms with Crippen LogP contribution in [0, 0.1) is 32.4 Å². The van der Waals surface area contributed by atoms with Crippen molar-refractivity contribution in [2.24, 2.45) is 0 Å². The van der Waals surface area contributed by atoms with Crippen LogP contribution in [-0.4, -0.2) is 6.36 Å². The average molecular weight is 635 g/mol. The normalized spacial score (nSPS) is 11.5. The summed E-state index contributed by atoms with van der Waals surface area (Å²) in [5, 5.41) is 0. The molecule has 0 N–H and O–H groups in total. The molecule has 0 saturated carbocycles. The molecule has 6 heteroatoms. The standard InChI is InChI=1S/C41H31F5O/c1-25-4-8-30(9-5-25)35-18-12-32(20-26(35)2)37-16-6-28(23-39(37)42)22-29-7-17-38(40(43)24-29)33-13-19-36(27(3)21-33)31-10-14-34(15-11-31)47-41(44,45)46/h4-21,23-24H,22H2,1-3H3. The Hall–Kier alpha value is -5.23. The van der Waals surface area contributed by atoms with Gasteiger partial charge >= 0.3 is 6.36 Å². The number of aryl methyl sites for hydroxylation is 3. The smallest absolute Gasteiger partial charge is 0.406 e. The van der Waals surface area contributed by atoms with Crippen LogP contribution in [0.5, 0.6) is 5.75 Å². The van der Waals surface area contributed by atoms with Crippen LogP contribution in [0.25, 0.3) is 44.5 Å². The molecule has 0 aliphatic rings. The molecule has 6 aromatic rings. The van der Waals surface area contributed by atoms with Gasteiger partial charge in [0.25, 0.3) is 0 Å². The minimum absolute atomic E-state index is 0.296. The highest BCUT2D eigenvalue weighted by atomic mass is 19.4. The zero-order valence-corrected chi connectivity index (χ0v) is 26.1. The predicted molar refractivity (Wildman–Crippen MR) is 178 cm³/mol. The summed E-state index contributed by atoms with van der Waals surface area (Å²) in [4.78, 5) is 0. The van der Waals surface area contributed by atoms with E-state index in [4.69, 9.17) is 0 Å². The SMILES string of the molecule is Cc1ccc(-c2ccc(-c3ccc(Cc4ccc(-c5ccc(-c6ccc(OC(F)(F)F)cc6)c(C)c5)c(F)c4)cc3F)cc2C)cc1. The summed E-state index contributed by atoms with van der Waals surface area (Å²) in [5.74, 6) is -1.03. The Labute approximate surface area is 270 Å². The molecular formula is C41H31F5O. The molecule has 0 heterocycles. The fraction of sp³-hybridized carbons (Fsp3) is 0.122. The van der Waals surface area contributed by atoms with Crippen LogP contribution < -0.4 is 4.74 Å². The Balaban J connectivity index is 1.16. The molecule has 1 nitrogen and oxygen atoms in total. The van der Waals surface area contributed by atoms with E-state index in [1.165, 1.54) is 29.8 Å². The van der Waals surface area contributed by atoms with Gasteiger partial charge in [-0.05, 0) is 107 Å². The zero-order valence-electron chi connectivity index (χ0n) is 26.1. The van der Waals surface area contributed by atoms with Gasteiger partial charge in [-0.3, -0.25) is 0 Å². The van der Waals surface area contributed by atoms with Gasteiger partial charge in [-0.25, -0.2) is 8.78 Å². The summed E-state index contributed by atoms with van der Waals surface area (Å²) >= 11 is 0. The molecule has 6 aromatic carbocycles. The first kappa shape index (κ1) is 31.7. The van der Waals surface area contributed by atoms with E-state index in [1.807, 2.05) is 56.3 Å². The second-order valence-corrected chi connectivity index (χ2v) is 11.8. The molecule has 0 unspecified atom stereocenters. The first-order valence-corrected chi connectivity index (χ1v) is 15.2. The van der Waals surface area contributed by atoms with Crippen molar-refractivity contribution < 1.29 is 26.7 Å². The van der Waals surface area contributed by atoms with Crippen molar-refractivity contribution in [2.45, 2.75) is 33.6 Å². The Morgan fingerprint density at radius 1 is 0.468 bits per heavy atom. The second kappa shape index (κ2) is 12.9. The highest BCUT2D eigenvalue weighted by molar-refractivity contribution is 5.75. The Morgan fingerprint density at radius 3 is 1.28 bits per heavy atom. The van der Waals surface area contributed by atoms with Gasteiger partial charge in [0.15, 0.2) is 0 Å². The monoisotopic (exact) mass is 634 g/mol. The van der Waals surface area contributed by atoms with Gasteiger partial charge in [-0.15, -0.1) is 13.2 Å². The number of halogens is 5. The maximum absolute atomic E-state index is 15.4. The third-order valence-electron chi connectivity index (χ3n) is 8.31. The largest absolute Gasteiger partial charge is 0.573 e. The van der Waals surface area contributed by atoms with Gasteiger partial charge in [0, 0.05) is 11.1 Å². The van der Waals surface area contributed by atoms with E-state index < -0.39 is 12.2 Å². The van der Waals surface area contributed by atoms with Crippen molar-refractivity contribution in [3.63, 3.8) is 0 Å². The molecule has 236 valence electrons. The van der Waals surface area contributed by atoms with E-state index in [0.29, 0.717) is 34.2 Å². The van der Waals surface area contributed by atoms with Crippen LogP contribution in [-0.2, 0) is 6.42 Å². The van der Waals surface area contributed by atoms with Crippen LogP contribution >= 0.6 is 0 Å². The number of benzene rings is 6. The third-order valence-corrected chi connectivity index (χ3v) is 8.31. The van der Waals surface area contributed by atoms with Crippen LogP contribution in [0.1, 0.15) is 27.8 Å². The summed E-state index contributed by atoms with van der Waals surface area (Å²) in [6.07, 6.45) is -4.39. The van der Waals surface area contributed by atoms with E-state index in [0.717, 1.165) is 38.9 Å². The summed E-state index contributed by atoms with van der Waals surface area (Å²) < 4.78 is 72.2. The molecule has 0 bridgehead atoms. The molecule has 0 radical (unpaired) electrons. The van der Waals surface area contributed by atoms with Gasteiger partial charge in [0.1, 0.15) is 17.4 Å². The number of rotatable bonds is 7. The fourth-order valence-corrected chi connectivity index (χ4v) is 5.92. The maximum Gasteiger partial charge on any atom is 0.573 e. The molecule has 0 atom stereocenters. The summed E-state index contributed by atoms with van der Waals surface area (Å²) in [7, 11) is 0. The highest BCUT2D eigenvalue weighted by Gasteiger charge is 2.31. The Kier molecular flexibility index (Phi) is 8.69. The van der Waals surface area contributed by atoms with Crippen LogP contribution in [0.15, 0.2) is 121 Å². The maximum atomic E-state index is 15.4. The molecule has 0 aliphatic carbocycles. The summed E-state index contributed by atoms with van der Waals surface area (Å²) in [6, 6.07) is 35.5. The second-order valence-electron chi connectivity index (χ2n) is 11.8. The molecule has 6 rings (SSSR count). The Bertz CT molecular complexity index is 2060.